The number of nitrogens with one attached hydrogen (secondary N) is 2. The van der Waals surface area contributed by atoms with Crippen molar-refractivity contribution in [1.29, 1.82) is 0 Å². The fourth-order valence-corrected chi connectivity index (χ4v) is 3.03. The van der Waals surface area contributed by atoms with E-state index in [0.717, 1.165) is 51.3 Å². The molecule has 0 bridgehead atoms. The van der Waals surface area contributed by atoms with E-state index in [2.05, 4.69) is 22.6 Å². The van der Waals surface area contributed by atoms with Crippen molar-refractivity contribution in [3.8, 4) is 0 Å². The molecule has 3 rings (SSSR count). The molecule has 0 spiro atoms. The van der Waals surface area contributed by atoms with Crippen LogP contribution in [0.5, 0.6) is 0 Å². The average Bonchev–Trinajstić information content (AvgIpc) is 3.10. The molecule has 0 aromatic heterocycles. The highest BCUT2D eigenvalue weighted by Crippen LogP contribution is 2.14. The van der Waals surface area contributed by atoms with Crippen molar-refractivity contribution in [2.45, 2.75) is 18.9 Å². The predicted octanol–water partition coefficient (Wildman–Crippen LogP) is 1.61. The largest absolute Gasteiger partial charge is 0.336 e. The Morgan fingerprint density at radius 2 is 1.72 bits per heavy atom. The first kappa shape index (κ1) is 21.7. The summed E-state index contributed by atoms with van der Waals surface area (Å²) in [5, 5.41) is 6.08. The minimum atomic E-state index is -0.0957. The van der Waals surface area contributed by atoms with E-state index < -0.39 is 0 Å². The molecule has 25 heavy (non-hydrogen) atoms. The Bertz CT molecular complexity index is 569. The van der Waals surface area contributed by atoms with Crippen LogP contribution in [-0.4, -0.2) is 67.4 Å². The Hall–Kier alpha value is -1.34. The number of carbonyl (C=O) groups is 2. The lowest BCUT2D eigenvalue weighted by Gasteiger charge is -2.32. The molecule has 6 nitrogen and oxygen atoms in total. The Kier molecular flexibility index (Phi) is 8.65. The second kappa shape index (κ2) is 9.97. The standard InChI is InChI=1S/C17H24N4O2.2ClH/c1-20-9-11-21(12-10-20)17(23)13-4-6-14(7-5-13)19-16(22)15-3-2-8-18-15;;/h4-7,15,18H,2-3,8-12H2,1H3,(H,19,22);2*1H. The second-order valence-electron chi connectivity index (χ2n) is 6.31. The third-order valence-corrected chi connectivity index (χ3v) is 4.57. The Balaban J connectivity index is 0.00000156. The van der Waals surface area contributed by atoms with Gasteiger partial charge in [0.15, 0.2) is 0 Å². The number of amides is 2. The van der Waals surface area contributed by atoms with E-state index in [1.807, 2.05) is 4.90 Å². The van der Waals surface area contributed by atoms with Gasteiger partial charge in [-0.3, -0.25) is 9.59 Å². The van der Waals surface area contributed by atoms with Gasteiger partial charge in [-0.25, -0.2) is 0 Å². The molecule has 0 radical (unpaired) electrons. The summed E-state index contributed by atoms with van der Waals surface area (Å²) >= 11 is 0. The normalized spacial score (nSPS) is 20.4. The maximum absolute atomic E-state index is 12.5. The van der Waals surface area contributed by atoms with Crippen molar-refractivity contribution in [1.82, 2.24) is 15.1 Å². The van der Waals surface area contributed by atoms with Gasteiger partial charge in [0.2, 0.25) is 5.91 Å². The third kappa shape index (κ3) is 5.57. The number of carbonyl (C=O) groups excluding carboxylic acids is 2. The first-order valence-corrected chi connectivity index (χ1v) is 8.25. The molecular formula is C17H26Cl2N4O2. The summed E-state index contributed by atoms with van der Waals surface area (Å²) in [6.45, 7) is 4.25. The van der Waals surface area contributed by atoms with Gasteiger partial charge in [0.25, 0.3) is 5.91 Å². The van der Waals surface area contributed by atoms with Gasteiger partial charge in [-0.05, 0) is 50.7 Å². The van der Waals surface area contributed by atoms with Crippen molar-refractivity contribution in [2.24, 2.45) is 0 Å². The Labute approximate surface area is 161 Å². The van der Waals surface area contributed by atoms with Crippen LogP contribution in [0.15, 0.2) is 24.3 Å². The topological polar surface area (TPSA) is 64.7 Å². The first-order chi connectivity index (χ1) is 11.1. The lowest BCUT2D eigenvalue weighted by atomic mass is 10.1. The molecule has 2 aliphatic rings. The van der Waals surface area contributed by atoms with Crippen molar-refractivity contribution in [2.75, 3.05) is 45.1 Å². The van der Waals surface area contributed by atoms with E-state index in [9.17, 15) is 9.59 Å². The third-order valence-electron chi connectivity index (χ3n) is 4.57. The van der Waals surface area contributed by atoms with Gasteiger partial charge in [0.1, 0.15) is 0 Å². The van der Waals surface area contributed by atoms with Gasteiger partial charge >= 0.3 is 0 Å². The highest BCUT2D eigenvalue weighted by atomic mass is 35.5. The van der Waals surface area contributed by atoms with Gasteiger partial charge in [-0.1, -0.05) is 0 Å². The molecule has 2 N–H and O–H groups in total. The zero-order chi connectivity index (χ0) is 16.2. The molecule has 2 aliphatic heterocycles. The number of piperazine rings is 1. The van der Waals surface area contributed by atoms with E-state index in [0.29, 0.717) is 5.56 Å². The number of likely N-dealkylation sites (N-methyl/N-ethyl adjacent to an activating group) is 1. The zero-order valence-corrected chi connectivity index (χ0v) is 16.0. The molecule has 1 atom stereocenters. The minimum absolute atomic E-state index is 0. The summed E-state index contributed by atoms with van der Waals surface area (Å²) in [6, 6.07) is 7.09. The van der Waals surface area contributed by atoms with Crippen LogP contribution in [0.4, 0.5) is 5.69 Å². The van der Waals surface area contributed by atoms with Crippen LogP contribution in [-0.2, 0) is 4.79 Å². The predicted molar refractivity (Wildman–Crippen MR) is 104 cm³/mol. The van der Waals surface area contributed by atoms with Crippen LogP contribution < -0.4 is 10.6 Å². The number of hydrogen-bond donors (Lipinski definition) is 2. The van der Waals surface area contributed by atoms with Crippen LogP contribution >= 0.6 is 24.8 Å². The molecular weight excluding hydrogens is 363 g/mol. The summed E-state index contributed by atoms with van der Waals surface area (Å²) < 4.78 is 0. The summed E-state index contributed by atoms with van der Waals surface area (Å²) in [5.74, 6) is 0.0640. The molecule has 1 aromatic carbocycles. The van der Waals surface area contributed by atoms with Gasteiger partial charge in [0.05, 0.1) is 6.04 Å². The number of rotatable bonds is 3. The molecule has 0 saturated carbocycles. The van der Waals surface area contributed by atoms with E-state index >= 15 is 0 Å². The van der Waals surface area contributed by atoms with Gasteiger partial charge < -0.3 is 20.4 Å². The SMILES string of the molecule is CN1CCN(C(=O)c2ccc(NC(=O)C3CCCN3)cc2)CC1.Cl.Cl. The quantitative estimate of drug-likeness (QED) is 0.825. The van der Waals surface area contributed by atoms with Crippen molar-refractivity contribution in [3.05, 3.63) is 29.8 Å². The molecule has 2 amide bonds. The van der Waals surface area contributed by atoms with Crippen LogP contribution in [0.3, 0.4) is 0 Å². The summed E-state index contributed by atoms with van der Waals surface area (Å²) in [5.41, 5.74) is 1.41. The Morgan fingerprint density at radius 3 is 2.28 bits per heavy atom. The van der Waals surface area contributed by atoms with Gasteiger partial charge in [0, 0.05) is 37.4 Å². The second-order valence-corrected chi connectivity index (χ2v) is 6.31. The molecule has 140 valence electrons. The van der Waals surface area contributed by atoms with Crippen LogP contribution in [0.25, 0.3) is 0 Å². The number of anilines is 1. The lowest BCUT2D eigenvalue weighted by molar-refractivity contribution is -0.117. The van der Waals surface area contributed by atoms with Crippen molar-refractivity contribution >= 4 is 42.3 Å². The van der Waals surface area contributed by atoms with Crippen molar-refractivity contribution in [3.63, 3.8) is 0 Å². The van der Waals surface area contributed by atoms with Crippen LogP contribution in [0.2, 0.25) is 0 Å². The summed E-state index contributed by atoms with van der Waals surface area (Å²) in [7, 11) is 2.07. The van der Waals surface area contributed by atoms with E-state index in [-0.39, 0.29) is 42.7 Å². The molecule has 1 unspecified atom stereocenters. The number of hydrogen-bond acceptors (Lipinski definition) is 4. The lowest BCUT2D eigenvalue weighted by Crippen LogP contribution is -2.47. The Morgan fingerprint density at radius 1 is 1.08 bits per heavy atom. The smallest absolute Gasteiger partial charge is 0.253 e. The number of halogens is 2. The average molecular weight is 389 g/mol. The number of nitrogens with zero attached hydrogens (tertiary/aromatic N) is 2. The summed E-state index contributed by atoms with van der Waals surface area (Å²) in [4.78, 5) is 28.6. The van der Waals surface area contributed by atoms with Crippen LogP contribution in [0.1, 0.15) is 23.2 Å². The summed E-state index contributed by atoms with van der Waals surface area (Å²) in [6.07, 6.45) is 1.92. The maximum Gasteiger partial charge on any atom is 0.253 e. The maximum atomic E-state index is 12.5. The molecule has 1 aromatic rings. The molecule has 8 heteroatoms. The highest BCUT2D eigenvalue weighted by molar-refractivity contribution is 5.97. The van der Waals surface area contributed by atoms with Crippen LogP contribution in [0, 0.1) is 0 Å². The van der Waals surface area contributed by atoms with Gasteiger partial charge in [-0.15, -0.1) is 24.8 Å². The molecule has 2 heterocycles. The minimum Gasteiger partial charge on any atom is -0.336 e. The fourth-order valence-electron chi connectivity index (χ4n) is 3.03. The first-order valence-electron chi connectivity index (χ1n) is 8.25. The molecule has 2 saturated heterocycles. The van der Waals surface area contributed by atoms with Gasteiger partial charge in [-0.2, -0.15) is 0 Å². The van der Waals surface area contributed by atoms with E-state index in [4.69, 9.17) is 0 Å². The highest BCUT2D eigenvalue weighted by Gasteiger charge is 2.22. The van der Waals surface area contributed by atoms with Crippen molar-refractivity contribution < 1.29 is 9.59 Å². The van der Waals surface area contributed by atoms with E-state index in [1.165, 1.54) is 0 Å². The molecule has 2 fully saturated rings. The zero-order valence-electron chi connectivity index (χ0n) is 14.4. The fraction of sp³-hybridized carbons (Fsp3) is 0.529. The number of benzene rings is 1. The van der Waals surface area contributed by atoms with E-state index in [1.54, 1.807) is 24.3 Å². The molecule has 0 aliphatic carbocycles. The monoisotopic (exact) mass is 388 g/mol.